The van der Waals surface area contributed by atoms with E-state index < -0.39 is 0 Å². The lowest BCUT2D eigenvalue weighted by molar-refractivity contribution is 0.670. The second kappa shape index (κ2) is 13.0. The molecular formula is C49H33N3O. The number of aromatic nitrogens is 3. The third-order valence-corrected chi connectivity index (χ3v) is 10.2. The first kappa shape index (κ1) is 30.9. The van der Waals surface area contributed by atoms with Gasteiger partial charge in [0.1, 0.15) is 11.2 Å². The van der Waals surface area contributed by atoms with Crippen LogP contribution in [0.3, 0.4) is 0 Å². The molecule has 0 saturated heterocycles. The lowest BCUT2D eigenvalue weighted by Gasteiger charge is -2.11. The molecule has 4 heteroatoms. The highest BCUT2D eigenvalue weighted by Crippen LogP contribution is 2.41. The highest BCUT2D eigenvalue weighted by atomic mass is 16.3. The van der Waals surface area contributed by atoms with Gasteiger partial charge >= 0.3 is 0 Å². The van der Waals surface area contributed by atoms with Gasteiger partial charge in [0.05, 0.1) is 0 Å². The smallest absolute Gasteiger partial charge is 0.164 e. The fourth-order valence-electron chi connectivity index (χ4n) is 7.45. The Hall–Kier alpha value is -6.91. The van der Waals surface area contributed by atoms with Crippen LogP contribution < -0.4 is 0 Å². The summed E-state index contributed by atoms with van der Waals surface area (Å²) < 4.78 is 6.68. The molecule has 53 heavy (non-hydrogen) atoms. The lowest BCUT2D eigenvalue weighted by Crippen LogP contribution is -2.00. The lowest BCUT2D eigenvalue weighted by atomic mass is 9.97. The molecule has 1 aliphatic rings. The normalized spacial score (nSPS) is 12.8. The summed E-state index contributed by atoms with van der Waals surface area (Å²) >= 11 is 0. The third-order valence-electron chi connectivity index (χ3n) is 10.2. The molecule has 0 amide bonds. The highest BCUT2D eigenvalue weighted by Gasteiger charge is 2.19. The average molecular weight is 680 g/mol. The van der Waals surface area contributed by atoms with Gasteiger partial charge in [0.2, 0.25) is 0 Å². The van der Waals surface area contributed by atoms with E-state index in [0.717, 1.165) is 62.6 Å². The standard InChI is InChI=1S/C49H33N3O/c1-3-11-32(12-4-1)34-23-28-38(29-24-34)48-50-47(37-14-5-2-6-15-37)51-49(52-48)43-19-10-20-44-45(43)42-18-9-17-41(46(42)53-44)36-26-21-35(22-27-36)40-30-25-33-13-7-8-16-39(33)31-40/h2-3,5-31H,1,4H2. The average Bonchev–Trinajstić information content (AvgIpc) is 3.63. The highest BCUT2D eigenvalue weighted by molar-refractivity contribution is 6.15. The van der Waals surface area contributed by atoms with Gasteiger partial charge < -0.3 is 4.42 Å². The van der Waals surface area contributed by atoms with Crippen LogP contribution in [0.25, 0.3) is 94.7 Å². The van der Waals surface area contributed by atoms with Gasteiger partial charge in [-0.1, -0.05) is 164 Å². The zero-order valence-corrected chi connectivity index (χ0v) is 28.9. The Morgan fingerprint density at radius 3 is 1.87 bits per heavy atom. The van der Waals surface area contributed by atoms with Crippen LogP contribution in [0.2, 0.25) is 0 Å². The van der Waals surface area contributed by atoms with Crippen molar-refractivity contribution in [1.29, 1.82) is 0 Å². The fourth-order valence-corrected chi connectivity index (χ4v) is 7.45. The molecule has 0 atom stereocenters. The monoisotopic (exact) mass is 679 g/mol. The Morgan fingerprint density at radius 2 is 1.08 bits per heavy atom. The first-order valence-electron chi connectivity index (χ1n) is 18.1. The maximum atomic E-state index is 6.68. The molecule has 10 rings (SSSR count). The Morgan fingerprint density at radius 1 is 0.434 bits per heavy atom. The third kappa shape index (κ3) is 5.71. The number of fused-ring (bicyclic) bond motifs is 4. The summed E-state index contributed by atoms with van der Waals surface area (Å²) in [5.41, 5.74) is 11.4. The maximum absolute atomic E-state index is 6.68. The molecule has 0 spiro atoms. The van der Waals surface area contributed by atoms with Crippen molar-refractivity contribution in [2.45, 2.75) is 12.8 Å². The van der Waals surface area contributed by atoms with Crippen LogP contribution >= 0.6 is 0 Å². The summed E-state index contributed by atoms with van der Waals surface area (Å²) in [6.45, 7) is 0. The zero-order chi connectivity index (χ0) is 35.1. The maximum Gasteiger partial charge on any atom is 0.164 e. The van der Waals surface area contributed by atoms with Gasteiger partial charge in [0.15, 0.2) is 17.5 Å². The summed E-state index contributed by atoms with van der Waals surface area (Å²) in [6, 6.07) is 55.0. The predicted molar refractivity (Wildman–Crippen MR) is 218 cm³/mol. The van der Waals surface area contributed by atoms with Crippen molar-refractivity contribution in [3.8, 4) is 56.4 Å². The molecule has 4 nitrogen and oxygen atoms in total. The Labute approximate surface area is 307 Å². The van der Waals surface area contributed by atoms with E-state index in [1.54, 1.807) is 0 Å². The van der Waals surface area contributed by atoms with Gasteiger partial charge in [-0.15, -0.1) is 0 Å². The second-order valence-corrected chi connectivity index (χ2v) is 13.5. The Kier molecular flexibility index (Phi) is 7.58. The molecular weight excluding hydrogens is 647 g/mol. The van der Waals surface area contributed by atoms with Crippen molar-refractivity contribution in [1.82, 2.24) is 15.0 Å². The van der Waals surface area contributed by atoms with Gasteiger partial charge in [-0.05, 0) is 63.6 Å². The van der Waals surface area contributed by atoms with Crippen LogP contribution in [0.4, 0.5) is 0 Å². The summed E-state index contributed by atoms with van der Waals surface area (Å²) in [5.74, 6) is 1.87. The number of para-hydroxylation sites is 1. The number of furan rings is 1. The Balaban J connectivity index is 1.07. The van der Waals surface area contributed by atoms with E-state index in [4.69, 9.17) is 19.4 Å². The first-order valence-corrected chi connectivity index (χ1v) is 18.1. The summed E-state index contributed by atoms with van der Waals surface area (Å²) in [4.78, 5) is 15.2. The van der Waals surface area contributed by atoms with E-state index in [9.17, 15) is 0 Å². The van der Waals surface area contributed by atoms with E-state index >= 15 is 0 Å². The largest absolute Gasteiger partial charge is 0.455 e. The Bertz CT molecular complexity index is 2870. The molecule has 0 saturated carbocycles. The van der Waals surface area contributed by atoms with Gasteiger partial charge in [0, 0.05) is 33.0 Å². The van der Waals surface area contributed by atoms with Crippen molar-refractivity contribution >= 4 is 38.3 Å². The SMILES string of the molecule is C1=CC(c2ccc(-c3nc(-c4ccccc4)nc(-c4cccc5oc6c(-c7ccc(-c8ccc9ccccc9c8)cc7)cccc6c45)n3)cc2)=CCC1. The fraction of sp³-hybridized carbons (Fsp3) is 0.0408. The van der Waals surface area contributed by atoms with Gasteiger partial charge in [-0.25, -0.2) is 15.0 Å². The summed E-state index contributed by atoms with van der Waals surface area (Å²) in [6.07, 6.45) is 8.90. The molecule has 0 radical (unpaired) electrons. The van der Waals surface area contributed by atoms with Crippen LogP contribution in [0.15, 0.2) is 180 Å². The molecule has 0 fully saturated rings. The molecule has 250 valence electrons. The number of allylic oxidation sites excluding steroid dienone is 4. The van der Waals surface area contributed by atoms with Crippen LogP contribution in [0.1, 0.15) is 18.4 Å². The van der Waals surface area contributed by atoms with Crippen molar-refractivity contribution < 1.29 is 4.42 Å². The molecule has 0 unspecified atom stereocenters. The van der Waals surface area contributed by atoms with Gasteiger partial charge in [0.25, 0.3) is 0 Å². The van der Waals surface area contributed by atoms with E-state index in [2.05, 4.69) is 133 Å². The van der Waals surface area contributed by atoms with E-state index in [1.165, 1.54) is 33.0 Å². The number of hydrogen-bond donors (Lipinski definition) is 0. The number of hydrogen-bond acceptors (Lipinski definition) is 4. The van der Waals surface area contributed by atoms with Crippen LogP contribution in [-0.2, 0) is 0 Å². The summed E-state index contributed by atoms with van der Waals surface area (Å²) in [7, 11) is 0. The first-order chi connectivity index (χ1) is 26.2. The number of rotatable bonds is 6. The van der Waals surface area contributed by atoms with Crippen LogP contribution in [-0.4, -0.2) is 15.0 Å². The van der Waals surface area contributed by atoms with Crippen molar-refractivity contribution in [3.63, 3.8) is 0 Å². The van der Waals surface area contributed by atoms with E-state index in [0.29, 0.717) is 17.5 Å². The quantitative estimate of drug-likeness (QED) is 0.175. The minimum Gasteiger partial charge on any atom is -0.455 e. The van der Waals surface area contributed by atoms with Gasteiger partial charge in [-0.2, -0.15) is 0 Å². The van der Waals surface area contributed by atoms with Crippen LogP contribution in [0.5, 0.6) is 0 Å². The molecule has 7 aromatic carbocycles. The minimum atomic E-state index is 0.606. The van der Waals surface area contributed by atoms with Crippen LogP contribution in [0, 0.1) is 0 Å². The molecule has 0 N–H and O–H groups in total. The zero-order valence-electron chi connectivity index (χ0n) is 28.9. The van der Waals surface area contributed by atoms with Crippen molar-refractivity contribution in [2.75, 3.05) is 0 Å². The van der Waals surface area contributed by atoms with E-state index in [-0.39, 0.29) is 0 Å². The molecule has 2 aromatic heterocycles. The second-order valence-electron chi connectivity index (χ2n) is 13.5. The molecule has 0 aliphatic heterocycles. The van der Waals surface area contributed by atoms with Gasteiger partial charge in [-0.3, -0.25) is 0 Å². The number of benzene rings is 7. The summed E-state index contributed by atoms with van der Waals surface area (Å²) in [5, 5.41) is 4.49. The predicted octanol–water partition coefficient (Wildman–Crippen LogP) is 13.0. The van der Waals surface area contributed by atoms with E-state index in [1.807, 2.05) is 42.5 Å². The van der Waals surface area contributed by atoms with Crippen molar-refractivity contribution in [2.24, 2.45) is 0 Å². The topological polar surface area (TPSA) is 51.8 Å². The molecule has 2 heterocycles. The molecule has 1 aliphatic carbocycles. The minimum absolute atomic E-state index is 0.606. The number of nitrogens with zero attached hydrogens (tertiary/aromatic N) is 3. The van der Waals surface area contributed by atoms with Crippen molar-refractivity contribution in [3.05, 3.63) is 182 Å². The molecule has 9 aromatic rings. The molecule has 0 bridgehead atoms.